The summed E-state index contributed by atoms with van der Waals surface area (Å²) in [6.45, 7) is 1.80. The molecule has 0 spiro atoms. The van der Waals surface area contributed by atoms with Gasteiger partial charge in [0, 0.05) is 19.6 Å². The number of rotatable bonds is 4. The molecule has 114 valence electrons. The van der Waals surface area contributed by atoms with E-state index in [4.69, 9.17) is 0 Å². The standard InChI is InChI=1S/C12H19F3N4S/c1-18-7-4-3-5-9(18)6-8-19(2)11-17-16-10(20-11)12(13,14)15/h9H,3-8H2,1-2H3. The van der Waals surface area contributed by atoms with Crippen LogP contribution in [0.25, 0.3) is 0 Å². The van der Waals surface area contributed by atoms with Gasteiger partial charge >= 0.3 is 6.18 Å². The summed E-state index contributed by atoms with van der Waals surface area (Å²) in [5.74, 6) is 0. The minimum absolute atomic E-state index is 0.329. The van der Waals surface area contributed by atoms with Crippen molar-refractivity contribution in [1.29, 1.82) is 0 Å². The average Bonchev–Trinajstić information content (AvgIpc) is 2.87. The minimum atomic E-state index is -4.40. The van der Waals surface area contributed by atoms with Crippen molar-refractivity contribution in [1.82, 2.24) is 15.1 Å². The second kappa shape index (κ2) is 6.26. The highest BCUT2D eigenvalue weighted by Crippen LogP contribution is 2.34. The van der Waals surface area contributed by atoms with Gasteiger partial charge in [-0.2, -0.15) is 13.2 Å². The molecular formula is C12H19F3N4S. The SMILES string of the molecule is CN(CCC1CCCCN1C)c1nnc(C(F)(F)F)s1. The van der Waals surface area contributed by atoms with Crippen LogP contribution in [0.4, 0.5) is 18.3 Å². The maximum atomic E-state index is 12.5. The fourth-order valence-electron chi connectivity index (χ4n) is 2.43. The minimum Gasteiger partial charge on any atom is -0.350 e. The van der Waals surface area contributed by atoms with E-state index in [1.807, 2.05) is 0 Å². The first-order valence-electron chi connectivity index (χ1n) is 6.70. The number of alkyl halides is 3. The number of halogens is 3. The lowest BCUT2D eigenvalue weighted by Crippen LogP contribution is -2.38. The summed E-state index contributed by atoms with van der Waals surface area (Å²) in [4.78, 5) is 4.09. The van der Waals surface area contributed by atoms with Crippen molar-refractivity contribution < 1.29 is 13.2 Å². The van der Waals surface area contributed by atoms with Gasteiger partial charge in [0.2, 0.25) is 10.1 Å². The van der Waals surface area contributed by atoms with Crippen LogP contribution in [0.5, 0.6) is 0 Å². The molecule has 1 fully saturated rings. The van der Waals surface area contributed by atoms with Crippen LogP contribution in [0, 0.1) is 0 Å². The van der Waals surface area contributed by atoms with Gasteiger partial charge in [0.1, 0.15) is 0 Å². The maximum Gasteiger partial charge on any atom is 0.445 e. The van der Waals surface area contributed by atoms with E-state index in [2.05, 4.69) is 22.1 Å². The Morgan fingerprint density at radius 3 is 2.70 bits per heavy atom. The lowest BCUT2D eigenvalue weighted by Gasteiger charge is -2.33. The predicted molar refractivity (Wildman–Crippen MR) is 73.1 cm³/mol. The molecule has 1 unspecified atom stereocenters. The van der Waals surface area contributed by atoms with Crippen molar-refractivity contribution >= 4 is 16.5 Å². The normalized spacial score (nSPS) is 21.1. The fourth-order valence-corrected chi connectivity index (χ4v) is 3.13. The van der Waals surface area contributed by atoms with E-state index in [0.29, 0.717) is 29.1 Å². The van der Waals surface area contributed by atoms with E-state index in [9.17, 15) is 13.2 Å². The van der Waals surface area contributed by atoms with Gasteiger partial charge in [-0.05, 0) is 32.9 Å². The summed E-state index contributed by atoms with van der Waals surface area (Å²) in [6, 6.07) is 0.515. The molecule has 1 aromatic heterocycles. The molecular weight excluding hydrogens is 289 g/mol. The third-order valence-electron chi connectivity index (χ3n) is 3.70. The monoisotopic (exact) mass is 308 g/mol. The second-order valence-corrected chi connectivity index (χ2v) is 6.18. The van der Waals surface area contributed by atoms with Gasteiger partial charge in [-0.3, -0.25) is 0 Å². The maximum absolute atomic E-state index is 12.5. The summed E-state index contributed by atoms with van der Waals surface area (Å²) in [5, 5.41) is 6.28. The Kier molecular flexibility index (Phi) is 4.85. The molecule has 4 nitrogen and oxygen atoms in total. The summed E-state index contributed by atoms with van der Waals surface area (Å²) in [7, 11) is 3.88. The van der Waals surface area contributed by atoms with Crippen LogP contribution in [-0.4, -0.2) is 48.3 Å². The summed E-state index contributed by atoms with van der Waals surface area (Å²) >= 11 is 0.600. The molecule has 2 heterocycles. The summed E-state index contributed by atoms with van der Waals surface area (Å²) in [5.41, 5.74) is 0. The van der Waals surface area contributed by atoms with Crippen LogP contribution in [0.1, 0.15) is 30.7 Å². The number of hydrogen-bond donors (Lipinski definition) is 0. The third-order valence-corrected chi connectivity index (χ3v) is 4.78. The molecule has 20 heavy (non-hydrogen) atoms. The third kappa shape index (κ3) is 3.82. The Hall–Kier alpha value is -0.890. The first-order valence-corrected chi connectivity index (χ1v) is 7.51. The van der Waals surface area contributed by atoms with E-state index in [0.717, 1.165) is 19.4 Å². The number of likely N-dealkylation sites (tertiary alicyclic amines) is 1. The van der Waals surface area contributed by atoms with Gasteiger partial charge in [-0.15, -0.1) is 10.2 Å². The average molecular weight is 308 g/mol. The molecule has 8 heteroatoms. The Bertz CT molecular complexity index is 435. The fraction of sp³-hybridized carbons (Fsp3) is 0.833. The van der Waals surface area contributed by atoms with Crippen LogP contribution < -0.4 is 4.90 Å². The van der Waals surface area contributed by atoms with Gasteiger partial charge in [0.15, 0.2) is 0 Å². The molecule has 0 aliphatic carbocycles. The highest BCUT2D eigenvalue weighted by atomic mass is 32.1. The zero-order valence-electron chi connectivity index (χ0n) is 11.7. The molecule has 1 saturated heterocycles. The molecule has 0 radical (unpaired) electrons. The molecule has 0 aromatic carbocycles. The van der Waals surface area contributed by atoms with Crippen molar-refractivity contribution in [2.45, 2.75) is 37.9 Å². The lowest BCUT2D eigenvalue weighted by atomic mass is 10.00. The van der Waals surface area contributed by atoms with E-state index >= 15 is 0 Å². The van der Waals surface area contributed by atoms with Gasteiger partial charge in [0.25, 0.3) is 0 Å². The Morgan fingerprint density at radius 1 is 1.35 bits per heavy atom. The number of nitrogens with zero attached hydrogens (tertiary/aromatic N) is 4. The zero-order valence-corrected chi connectivity index (χ0v) is 12.5. The van der Waals surface area contributed by atoms with Crippen molar-refractivity contribution in [3.8, 4) is 0 Å². The number of aromatic nitrogens is 2. The molecule has 0 N–H and O–H groups in total. The Morgan fingerprint density at radius 2 is 2.10 bits per heavy atom. The molecule has 1 aliphatic heterocycles. The first-order chi connectivity index (χ1) is 9.38. The largest absolute Gasteiger partial charge is 0.445 e. The molecule has 0 bridgehead atoms. The second-order valence-electron chi connectivity index (χ2n) is 5.23. The highest BCUT2D eigenvalue weighted by Gasteiger charge is 2.36. The lowest BCUT2D eigenvalue weighted by molar-refractivity contribution is -0.138. The predicted octanol–water partition coefficient (Wildman–Crippen LogP) is 2.87. The smallest absolute Gasteiger partial charge is 0.350 e. The number of piperidine rings is 1. The van der Waals surface area contributed by atoms with E-state index in [-0.39, 0.29) is 0 Å². The van der Waals surface area contributed by atoms with Gasteiger partial charge in [-0.25, -0.2) is 0 Å². The Balaban J connectivity index is 1.88. The molecule has 1 aromatic rings. The quantitative estimate of drug-likeness (QED) is 0.856. The highest BCUT2D eigenvalue weighted by molar-refractivity contribution is 7.15. The van der Waals surface area contributed by atoms with Crippen LogP contribution in [0.15, 0.2) is 0 Å². The first kappa shape index (κ1) is 15.5. The number of hydrogen-bond acceptors (Lipinski definition) is 5. The molecule has 0 amide bonds. The van der Waals surface area contributed by atoms with Crippen LogP contribution in [-0.2, 0) is 6.18 Å². The van der Waals surface area contributed by atoms with Gasteiger partial charge in [0.05, 0.1) is 0 Å². The molecule has 2 rings (SSSR count). The Labute approximate surface area is 120 Å². The molecule has 1 aliphatic rings. The van der Waals surface area contributed by atoms with Crippen LogP contribution >= 0.6 is 11.3 Å². The zero-order chi connectivity index (χ0) is 14.8. The molecule has 0 saturated carbocycles. The summed E-state index contributed by atoms with van der Waals surface area (Å²) < 4.78 is 37.4. The van der Waals surface area contributed by atoms with E-state index in [1.54, 1.807) is 11.9 Å². The summed E-state index contributed by atoms with van der Waals surface area (Å²) in [6.07, 6.45) is 0.159. The topological polar surface area (TPSA) is 32.3 Å². The van der Waals surface area contributed by atoms with Crippen molar-refractivity contribution in [2.24, 2.45) is 0 Å². The van der Waals surface area contributed by atoms with Gasteiger partial charge in [-0.1, -0.05) is 17.8 Å². The van der Waals surface area contributed by atoms with Crippen molar-refractivity contribution in [3.63, 3.8) is 0 Å². The van der Waals surface area contributed by atoms with Gasteiger partial charge < -0.3 is 9.80 Å². The van der Waals surface area contributed by atoms with Crippen molar-refractivity contribution in [2.75, 3.05) is 32.1 Å². The van der Waals surface area contributed by atoms with Crippen LogP contribution in [0.3, 0.4) is 0 Å². The van der Waals surface area contributed by atoms with Crippen LogP contribution in [0.2, 0.25) is 0 Å². The number of anilines is 1. The van der Waals surface area contributed by atoms with E-state index in [1.165, 1.54) is 12.8 Å². The molecule has 1 atom stereocenters. The van der Waals surface area contributed by atoms with Crippen molar-refractivity contribution in [3.05, 3.63) is 5.01 Å². The van der Waals surface area contributed by atoms with E-state index < -0.39 is 11.2 Å².